The minimum atomic E-state index is -0.225. The molecule has 2 aromatic heterocycles. The number of hydrogen-bond acceptors (Lipinski definition) is 5. The molecule has 9 heteroatoms. The Balaban J connectivity index is 1.28. The van der Waals surface area contributed by atoms with Gasteiger partial charge in [0.1, 0.15) is 12.2 Å². The van der Waals surface area contributed by atoms with Gasteiger partial charge in [0.2, 0.25) is 5.91 Å². The molecule has 2 N–H and O–H groups in total. The molecule has 0 saturated carbocycles. The number of rotatable bonds is 6. The number of para-hydroxylation sites is 2. The first-order valence-corrected chi connectivity index (χ1v) is 11.4. The molecule has 3 aromatic carbocycles. The number of aromatic nitrogens is 4. The van der Waals surface area contributed by atoms with Crippen molar-refractivity contribution in [3.8, 4) is 0 Å². The van der Waals surface area contributed by atoms with E-state index in [1.807, 2.05) is 60.7 Å². The lowest BCUT2D eigenvalue weighted by molar-refractivity contribution is -0.116. The van der Waals surface area contributed by atoms with E-state index >= 15 is 0 Å². The second kappa shape index (κ2) is 9.40. The molecule has 8 nitrogen and oxygen atoms in total. The molecular weight excluding hydrogens is 496 g/mol. The maximum Gasteiger partial charge on any atom is 0.252 e. The fourth-order valence-electron chi connectivity index (χ4n) is 3.72. The zero-order chi connectivity index (χ0) is 23.5. The third-order valence-corrected chi connectivity index (χ3v) is 5.79. The van der Waals surface area contributed by atoms with Gasteiger partial charge in [-0.3, -0.25) is 9.59 Å². The van der Waals surface area contributed by atoms with E-state index in [0.29, 0.717) is 16.9 Å². The van der Waals surface area contributed by atoms with E-state index in [0.717, 1.165) is 26.3 Å². The van der Waals surface area contributed by atoms with Gasteiger partial charge in [0, 0.05) is 20.9 Å². The van der Waals surface area contributed by atoms with Crippen molar-refractivity contribution in [1.29, 1.82) is 0 Å². The van der Waals surface area contributed by atoms with E-state index in [4.69, 9.17) is 0 Å². The third-order valence-electron chi connectivity index (χ3n) is 5.26. The van der Waals surface area contributed by atoms with Gasteiger partial charge in [-0.1, -0.05) is 57.5 Å². The second-order valence-electron chi connectivity index (χ2n) is 7.67. The molecule has 2 amide bonds. The molecule has 0 radical (unpaired) electrons. The number of hydrogen-bond donors (Lipinski definition) is 2. The van der Waals surface area contributed by atoms with Crippen LogP contribution in [0, 0.1) is 0 Å². The van der Waals surface area contributed by atoms with E-state index in [1.165, 1.54) is 4.68 Å². The van der Waals surface area contributed by atoms with Gasteiger partial charge in [-0.05, 0) is 36.4 Å². The van der Waals surface area contributed by atoms with Crippen molar-refractivity contribution in [2.45, 2.75) is 13.1 Å². The van der Waals surface area contributed by atoms with Crippen LogP contribution in [0.5, 0.6) is 0 Å². The number of carbonyl (C=O) groups is 2. The van der Waals surface area contributed by atoms with Crippen molar-refractivity contribution in [2.75, 3.05) is 5.32 Å². The molecular formula is C25H19BrN6O2. The first-order chi connectivity index (χ1) is 16.6. The van der Waals surface area contributed by atoms with Gasteiger partial charge in [-0.25, -0.2) is 9.67 Å². The number of carbonyl (C=O) groups excluding carboxylic acids is 2. The Morgan fingerprint density at radius 1 is 0.882 bits per heavy atom. The lowest BCUT2D eigenvalue weighted by Crippen LogP contribution is -2.23. The van der Waals surface area contributed by atoms with E-state index < -0.39 is 0 Å². The van der Waals surface area contributed by atoms with Crippen LogP contribution in [0.25, 0.3) is 21.8 Å². The Labute approximate surface area is 203 Å². The Hall–Kier alpha value is -4.11. The molecule has 5 aromatic rings. The molecule has 168 valence electrons. The summed E-state index contributed by atoms with van der Waals surface area (Å²) in [5.41, 5.74) is 3.33. The zero-order valence-corrected chi connectivity index (χ0v) is 19.5. The summed E-state index contributed by atoms with van der Waals surface area (Å²) in [5, 5.41) is 15.4. The maximum atomic E-state index is 13.2. The van der Waals surface area contributed by atoms with Gasteiger partial charge in [0.25, 0.3) is 5.91 Å². The van der Waals surface area contributed by atoms with E-state index in [9.17, 15) is 9.59 Å². The monoisotopic (exact) mass is 514 g/mol. The number of nitrogens with one attached hydrogen (secondary N) is 2. The maximum absolute atomic E-state index is 13.2. The number of nitrogens with zero attached hydrogens (tertiary/aromatic N) is 4. The van der Waals surface area contributed by atoms with Gasteiger partial charge < -0.3 is 10.6 Å². The van der Waals surface area contributed by atoms with Crippen molar-refractivity contribution < 1.29 is 9.59 Å². The van der Waals surface area contributed by atoms with Crippen LogP contribution in [0.15, 0.2) is 83.5 Å². The van der Waals surface area contributed by atoms with Crippen LogP contribution in [0.3, 0.4) is 0 Å². The predicted octanol–water partition coefficient (Wildman–Crippen LogP) is 4.31. The molecule has 0 fully saturated rings. The number of halogens is 1. The SMILES string of the molecule is O=C(Cn1cc(CNC(=O)c2c3ccccc3nc3ccccc23)nn1)Nc1ccc(Br)cc1. The average Bonchev–Trinajstić information content (AvgIpc) is 3.29. The van der Waals surface area contributed by atoms with Crippen molar-refractivity contribution in [1.82, 2.24) is 25.3 Å². The van der Waals surface area contributed by atoms with Crippen LogP contribution < -0.4 is 10.6 Å². The minimum Gasteiger partial charge on any atom is -0.346 e. The molecule has 0 aliphatic carbocycles. The highest BCUT2D eigenvalue weighted by Gasteiger charge is 2.16. The molecule has 2 heterocycles. The number of amides is 2. The molecule has 0 unspecified atom stereocenters. The van der Waals surface area contributed by atoms with Crippen molar-refractivity contribution in [3.05, 3.63) is 94.7 Å². The fraction of sp³-hybridized carbons (Fsp3) is 0.0800. The lowest BCUT2D eigenvalue weighted by Gasteiger charge is -2.10. The number of anilines is 1. The van der Waals surface area contributed by atoms with Crippen molar-refractivity contribution in [3.63, 3.8) is 0 Å². The molecule has 0 atom stereocenters. The highest BCUT2D eigenvalue weighted by atomic mass is 79.9. The minimum absolute atomic E-state index is 0.0106. The second-order valence-corrected chi connectivity index (χ2v) is 8.58. The number of benzene rings is 3. The normalized spacial score (nSPS) is 11.0. The zero-order valence-electron chi connectivity index (χ0n) is 17.9. The Morgan fingerprint density at radius 3 is 2.21 bits per heavy atom. The van der Waals surface area contributed by atoms with E-state index in [1.54, 1.807) is 18.3 Å². The number of pyridine rings is 1. The summed E-state index contributed by atoms with van der Waals surface area (Å²) < 4.78 is 2.37. The van der Waals surface area contributed by atoms with Crippen LogP contribution in [0.4, 0.5) is 5.69 Å². The summed E-state index contributed by atoms with van der Waals surface area (Å²) in [6.07, 6.45) is 1.64. The summed E-state index contributed by atoms with van der Waals surface area (Å²) in [7, 11) is 0. The molecule has 0 saturated heterocycles. The van der Waals surface area contributed by atoms with Gasteiger partial charge >= 0.3 is 0 Å². The van der Waals surface area contributed by atoms with Gasteiger partial charge in [-0.2, -0.15) is 0 Å². The lowest BCUT2D eigenvalue weighted by atomic mass is 10.0. The Kier molecular flexibility index (Phi) is 6.01. The smallest absolute Gasteiger partial charge is 0.252 e. The topological polar surface area (TPSA) is 102 Å². The van der Waals surface area contributed by atoms with Gasteiger partial charge in [0.15, 0.2) is 0 Å². The van der Waals surface area contributed by atoms with Gasteiger partial charge in [0.05, 0.1) is 29.3 Å². The first-order valence-electron chi connectivity index (χ1n) is 10.6. The summed E-state index contributed by atoms with van der Waals surface area (Å²) in [5.74, 6) is -0.449. The van der Waals surface area contributed by atoms with Crippen LogP contribution in [-0.2, 0) is 17.9 Å². The van der Waals surface area contributed by atoms with Crippen molar-refractivity contribution in [2.24, 2.45) is 0 Å². The van der Waals surface area contributed by atoms with Crippen LogP contribution in [0.1, 0.15) is 16.1 Å². The van der Waals surface area contributed by atoms with Crippen LogP contribution in [0.2, 0.25) is 0 Å². The van der Waals surface area contributed by atoms with Gasteiger partial charge in [-0.15, -0.1) is 5.10 Å². The molecule has 0 aliphatic heterocycles. The van der Waals surface area contributed by atoms with E-state index in [-0.39, 0.29) is 24.9 Å². The first kappa shape index (κ1) is 21.7. The summed E-state index contributed by atoms with van der Waals surface area (Å²) >= 11 is 3.36. The predicted molar refractivity (Wildman–Crippen MR) is 133 cm³/mol. The summed E-state index contributed by atoms with van der Waals surface area (Å²) in [4.78, 5) is 30.1. The molecule has 0 aliphatic rings. The average molecular weight is 515 g/mol. The molecule has 34 heavy (non-hydrogen) atoms. The van der Waals surface area contributed by atoms with E-state index in [2.05, 4.69) is 41.9 Å². The fourth-order valence-corrected chi connectivity index (χ4v) is 3.99. The Bertz CT molecular complexity index is 1460. The highest BCUT2D eigenvalue weighted by Crippen LogP contribution is 2.25. The standard InChI is InChI=1S/C25H19BrN6O2/c26-16-9-11-17(12-10-16)28-23(33)15-32-14-18(30-31-32)13-27-25(34)24-19-5-1-3-7-21(19)29-22-8-4-2-6-20(22)24/h1-12,14H,13,15H2,(H,27,34)(H,28,33). The quantitative estimate of drug-likeness (QED) is 0.328. The van der Waals surface area contributed by atoms with Crippen LogP contribution >= 0.6 is 15.9 Å². The largest absolute Gasteiger partial charge is 0.346 e. The Morgan fingerprint density at radius 2 is 1.53 bits per heavy atom. The highest BCUT2D eigenvalue weighted by molar-refractivity contribution is 9.10. The van der Waals surface area contributed by atoms with Crippen LogP contribution in [-0.4, -0.2) is 31.8 Å². The summed E-state index contributed by atoms with van der Waals surface area (Å²) in [6.45, 7) is 0.189. The third kappa shape index (κ3) is 4.65. The number of fused-ring (bicyclic) bond motifs is 2. The van der Waals surface area contributed by atoms with Crippen molar-refractivity contribution >= 4 is 55.2 Å². The summed E-state index contributed by atoms with van der Waals surface area (Å²) in [6, 6.07) is 22.5. The molecule has 5 rings (SSSR count). The molecule has 0 spiro atoms. The molecule has 0 bridgehead atoms.